The molecule has 1 heterocycles. The minimum absolute atomic E-state index is 0.0741. The molecule has 1 amide bonds. The van der Waals surface area contributed by atoms with Crippen molar-refractivity contribution in [1.29, 1.82) is 0 Å². The van der Waals surface area contributed by atoms with E-state index < -0.39 is 0 Å². The zero-order valence-electron chi connectivity index (χ0n) is 13.6. The van der Waals surface area contributed by atoms with Gasteiger partial charge in [0.05, 0.1) is 11.7 Å². The van der Waals surface area contributed by atoms with Crippen LogP contribution in [0, 0.1) is 23.2 Å². The average molecular weight is 301 g/mol. The molecule has 22 heavy (non-hydrogen) atoms. The van der Waals surface area contributed by atoms with Gasteiger partial charge >= 0.3 is 0 Å². The summed E-state index contributed by atoms with van der Waals surface area (Å²) in [4.78, 5) is 15.4. The highest BCUT2D eigenvalue weighted by Gasteiger charge is 2.55. The Morgan fingerprint density at radius 1 is 1.23 bits per heavy atom. The van der Waals surface area contributed by atoms with E-state index in [0.717, 1.165) is 62.3 Å². The molecule has 0 aromatic carbocycles. The molecule has 1 aromatic heterocycles. The Bertz CT molecular complexity index is 498. The van der Waals surface area contributed by atoms with E-state index in [2.05, 4.69) is 6.92 Å². The summed E-state index contributed by atoms with van der Waals surface area (Å²) < 4.78 is 5.58. The third-order valence-electron chi connectivity index (χ3n) is 6.24. The van der Waals surface area contributed by atoms with E-state index in [4.69, 9.17) is 4.42 Å². The highest BCUT2D eigenvalue weighted by atomic mass is 16.3. The van der Waals surface area contributed by atoms with Crippen molar-refractivity contribution in [3.63, 3.8) is 0 Å². The number of unbranched alkanes of at least 4 members (excludes halogenated alkanes) is 1. The number of rotatable bonds is 5. The minimum Gasteiger partial charge on any atom is -0.448 e. The number of hydrogen-bond donors (Lipinski definition) is 0. The van der Waals surface area contributed by atoms with Crippen LogP contribution >= 0.6 is 0 Å². The van der Waals surface area contributed by atoms with Crippen molar-refractivity contribution in [2.75, 3.05) is 11.4 Å². The van der Waals surface area contributed by atoms with Crippen molar-refractivity contribution in [2.24, 2.45) is 23.2 Å². The summed E-state index contributed by atoms with van der Waals surface area (Å²) in [6, 6.07) is 3.83. The summed E-state index contributed by atoms with van der Waals surface area (Å²) in [5, 5.41) is 0. The number of nitrogens with zero attached hydrogens (tertiary/aromatic N) is 1. The maximum Gasteiger partial charge on any atom is 0.235 e. The van der Waals surface area contributed by atoms with Crippen molar-refractivity contribution in [3.8, 4) is 0 Å². The lowest BCUT2D eigenvalue weighted by atomic mass is 9.49. The molecule has 4 aliphatic rings. The second-order valence-electron chi connectivity index (χ2n) is 7.96. The maximum absolute atomic E-state index is 13.5. The molecule has 1 aromatic rings. The molecule has 0 atom stereocenters. The Morgan fingerprint density at radius 2 is 1.86 bits per heavy atom. The predicted octanol–water partition coefficient (Wildman–Crippen LogP) is 4.63. The van der Waals surface area contributed by atoms with Crippen LogP contribution in [0.25, 0.3) is 0 Å². The first-order chi connectivity index (χ1) is 10.7. The maximum atomic E-state index is 13.5. The Balaban J connectivity index is 1.61. The number of furan rings is 1. The summed E-state index contributed by atoms with van der Waals surface area (Å²) in [6.07, 6.45) is 11.3. The van der Waals surface area contributed by atoms with Crippen LogP contribution in [-0.4, -0.2) is 12.5 Å². The van der Waals surface area contributed by atoms with Gasteiger partial charge in [0.2, 0.25) is 11.8 Å². The Hall–Kier alpha value is -1.25. The van der Waals surface area contributed by atoms with Crippen LogP contribution in [0.5, 0.6) is 0 Å². The van der Waals surface area contributed by atoms with Gasteiger partial charge in [-0.15, -0.1) is 0 Å². The number of carbonyl (C=O) groups is 1. The molecule has 4 fully saturated rings. The average Bonchev–Trinajstić information content (AvgIpc) is 3.00. The van der Waals surface area contributed by atoms with E-state index in [1.54, 1.807) is 6.26 Å². The number of anilines is 1. The molecular weight excluding hydrogens is 274 g/mol. The van der Waals surface area contributed by atoms with E-state index in [9.17, 15) is 4.79 Å². The SMILES string of the molecule is CCCCN(C(=O)C12CC3CC(CC(C3)C1)C2)c1ccco1. The standard InChI is InChI=1S/C19H27NO2/c1-2-3-6-20(17-5-4-7-22-17)18(21)19-11-14-8-15(12-19)10-16(9-14)13-19/h4-5,7,14-16H,2-3,6,8-13H2,1H3. The zero-order chi connectivity index (χ0) is 15.2. The first kappa shape index (κ1) is 14.3. The Morgan fingerprint density at radius 3 is 2.36 bits per heavy atom. The Kier molecular flexibility index (Phi) is 3.54. The zero-order valence-corrected chi connectivity index (χ0v) is 13.6. The summed E-state index contributed by atoms with van der Waals surface area (Å²) in [7, 11) is 0. The van der Waals surface area contributed by atoms with Crippen molar-refractivity contribution < 1.29 is 9.21 Å². The second kappa shape index (κ2) is 5.43. The lowest BCUT2D eigenvalue weighted by Crippen LogP contribution is -2.54. The molecule has 0 spiro atoms. The van der Waals surface area contributed by atoms with E-state index in [0.29, 0.717) is 5.91 Å². The van der Waals surface area contributed by atoms with Gasteiger partial charge in [-0.25, -0.2) is 0 Å². The van der Waals surface area contributed by atoms with Crippen molar-refractivity contribution >= 4 is 11.8 Å². The van der Waals surface area contributed by atoms with Crippen LogP contribution in [0.2, 0.25) is 0 Å². The topological polar surface area (TPSA) is 33.5 Å². The fourth-order valence-corrected chi connectivity index (χ4v) is 5.71. The largest absolute Gasteiger partial charge is 0.448 e. The lowest BCUT2D eigenvalue weighted by Gasteiger charge is -2.56. The van der Waals surface area contributed by atoms with Crippen LogP contribution in [0.4, 0.5) is 5.88 Å². The van der Waals surface area contributed by atoms with Crippen LogP contribution in [0.3, 0.4) is 0 Å². The smallest absolute Gasteiger partial charge is 0.235 e. The van der Waals surface area contributed by atoms with Gasteiger partial charge in [0, 0.05) is 12.6 Å². The molecule has 4 saturated carbocycles. The molecule has 4 aliphatic carbocycles. The molecule has 0 N–H and O–H groups in total. The minimum atomic E-state index is -0.0741. The van der Waals surface area contributed by atoms with Gasteiger partial charge in [-0.1, -0.05) is 13.3 Å². The van der Waals surface area contributed by atoms with Crippen LogP contribution in [0.1, 0.15) is 58.3 Å². The van der Waals surface area contributed by atoms with E-state index >= 15 is 0 Å². The second-order valence-corrected chi connectivity index (χ2v) is 7.96. The van der Waals surface area contributed by atoms with Gasteiger partial charge in [-0.2, -0.15) is 0 Å². The molecule has 4 bridgehead atoms. The quantitative estimate of drug-likeness (QED) is 0.794. The molecule has 0 unspecified atom stereocenters. The van der Waals surface area contributed by atoms with Crippen molar-refractivity contribution in [2.45, 2.75) is 58.3 Å². The fraction of sp³-hybridized carbons (Fsp3) is 0.737. The molecule has 3 nitrogen and oxygen atoms in total. The first-order valence-electron chi connectivity index (χ1n) is 9.05. The lowest BCUT2D eigenvalue weighted by molar-refractivity contribution is -0.143. The summed E-state index contributed by atoms with van der Waals surface area (Å²) in [5.41, 5.74) is -0.0741. The van der Waals surface area contributed by atoms with E-state index in [1.807, 2.05) is 17.0 Å². The van der Waals surface area contributed by atoms with Gasteiger partial charge in [-0.3, -0.25) is 9.69 Å². The van der Waals surface area contributed by atoms with Gasteiger partial charge in [0.1, 0.15) is 0 Å². The fourth-order valence-electron chi connectivity index (χ4n) is 5.71. The molecule has 3 heteroatoms. The van der Waals surface area contributed by atoms with Crippen LogP contribution < -0.4 is 4.90 Å². The highest BCUT2D eigenvalue weighted by molar-refractivity contribution is 5.96. The molecule has 0 aliphatic heterocycles. The number of amides is 1. The van der Waals surface area contributed by atoms with E-state index in [1.165, 1.54) is 19.3 Å². The molecule has 120 valence electrons. The van der Waals surface area contributed by atoms with Crippen molar-refractivity contribution in [1.82, 2.24) is 0 Å². The first-order valence-corrected chi connectivity index (χ1v) is 9.05. The van der Waals surface area contributed by atoms with E-state index in [-0.39, 0.29) is 5.41 Å². The normalized spacial score (nSPS) is 35.8. The van der Waals surface area contributed by atoms with Gasteiger partial charge in [-0.05, 0) is 68.8 Å². The molecular formula is C19H27NO2. The van der Waals surface area contributed by atoms with Gasteiger partial charge < -0.3 is 4.42 Å². The highest BCUT2D eigenvalue weighted by Crippen LogP contribution is 2.60. The van der Waals surface area contributed by atoms with Gasteiger partial charge in [0.15, 0.2) is 0 Å². The van der Waals surface area contributed by atoms with Crippen LogP contribution in [-0.2, 0) is 4.79 Å². The van der Waals surface area contributed by atoms with Gasteiger partial charge in [0.25, 0.3) is 0 Å². The monoisotopic (exact) mass is 301 g/mol. The summed E-state index contributed by atoms with van der Waals surface area (Å²) in [5.74, 6) is 3.52. The van der Waals surface area contributed by atoms with Crippen molar-refractivity contribution in [3.05, 3.63) is 18.4 Å². The van der Waals surface area contributed by atoms with Crippen LogP contribution in [0.15, 0.2) is 22.8 Å². The predicted molar refractivity (Wildman–Crippen MR) is 86.6 cm³/mol. The molecule has 0 radical (unpaired) electrons. The summed E-state index contributed by atoms with van der Waals surface area (Å²) in [6.45, 7) is 2.97. The third kappa shape index (κ3) is 2.29. The number of hydrogen-bond acceptors (Lipinski definition) is 2. The molecule has 0 saturated heterocycles. The Labute approximate surface area is 133 Å². The summed E-state index contributed by atoms with van der Waals surface area (Å²) >= 11 is 0. The number of carbonyl (C=O) groups excluding carboxylic acids is 1. The molecule has 5 rings (SSSR count). The third-order valence-corrected chi connectivity index (χ3v) is 6.24.